The van der Waals surface area contributed by atoms with Crippen LogP contribution in [0.15, 0.2) is 48.5 Å². The van der Waals surface area contributed by atoms with Gasteiger partial charge < -0.3 is 20.5 Å². The summed E-state index contributed by atoms with van der Waals surface area (Å²) in [7, 11) is 0. The van der Waals surface area contributed by atoms with E-state index in [-0.39, 0.29) is 25.5 Å². The van der Waals surface area contributed by atoms with Crippen LogP contribution in [0.4, 0.5) is 4.79 Å². The Morgan fingerprint density at radius 3 is 2.22 bits per heavy atom. The smallest absolute Gasteiger partial charge is 0.407 e. The van der Waals surface area contributed by atoms with Crippen LogP contribution in [0.1, 0.15) is 36.3 Å². The minimum absolute atomic E-state index is 0.00854. The highest BCUT2D eigenvalue weighted by molar-refractivity contribution is 5.87. The van der Waals surface area contributed by atoms with E-state index >= 15 is 0 Å². The third-order valence-electron chi connectivity index (χ3n) is 6.18. The lowest BCUT2D eigenvalue weighted by Gasteiger charge is -2.19. The Kier molecular flexibility index (Phi) is 5.87. The van der Waals surface area contributed by atoms with Crippen LogP contribution >= 0.6 is 0 Å². The fraction of sp³-hybridized carbons (Fsp3) is 0.320. The first kappa shape index (κ1) is 21.4. The molecule has 2 aliphatic carbocycles. The lowest BCUT2D eigenvalue weighted by Crippen LogP contribution is -2.48. The van der Waals surface area contributed by atoms with Crippen molar-refractivity contribution >= 4 is 18.0 Å². The van der Waals surface area contributed by atoms with Gasteiger partial charge in [0.2, 0.25) is 5.91 Å². The molecule has 2 aromatic carbocycles. The van der Waals surface area contributed by atoms with E-state index in [9.17, 15) is 19.5 Å². The van der Waals surface area contributed by atoms with Gasteiger partial charge in [0.05, 0.1) is 5.41 Å². The molecule has 0 heterocycles. The standard InChI is InChI=1S/C25H24N2O5/c1-2-7-21(22(28)26-15-25(12-13-25)23(29)30)27-24(31)32-14-20-18-10-5-3-8-16(18)17-9-4-6-11-19(17)20/h1,3-6,8-11,20-21H,7,12-15H2,(H,26,28)(H,27,31)(H,29,30). The van der Waals surface area contributed by atoms with E-state index in [0.29, 0.717) is 12.8 Å². The predicted molar refractivity (Wildman–Crippen MR) is 118 cm³/mol. The number of carbonyl (C=O) groups is 3. The number of carboxylic acids is 1. The number of benzene rings is 2. The molecule has 4 rings (SSSR count). The molecule has 1 atom stereocenters. The Bertz CT molecular complexity index is 1050. The van der Waals surface area contributed by atoms with Gasteiger partial charge >= 0.3 is 12.1 Å². The van der Waals surface area contributed by atoms with E-state index in [1.807, 2.05) is 48.5 Å². The van der Waals surface area contributed by atoms with Crippen molar-refractivity contribution in [2.45, 2.75) is 31.2 Å². The van der Waals surface area contributed by atoms with Crippen LogP contribution in [0.2, 0.25) is 0 Å². The number of hydrogen-bond donors (Lipinski definition) is 3. The number of fused-ring (bicyclic) bond motifs is 3. The van der Waals surface area contributed by atoms with Crippen molar-refractivity contribution in [3.05, 3.63) is 59.7 Å². The Hall–Kier alpha value is -3.79. The van der Waals surface area contributed by atoms with E-state index in [0.717, 1.165) is 22.3 Å². The number of aliphatic carboxylic acids is 1. The highest BCUT2D eigenvalue weighted by Gasteiger charge is 2.50. The maximum absolute atomic E-state index is 12.5. The van der Waals surface area contributed by atoms with Crippen LogP contribution < -0.4 is 10.6 Å². The van der Waals surface area contributed by atoms with Crippen molar-refractivity contribution < 1.29 is 24.2 Å². The molecule has 0 aromatic heterocycles. The summed E-state index contributed by atoms with van der Waals surface area (Å²) in [5.41, 5.74) is 3.51. The minimum atomic E-state index is -1.000. The molecule has 1 unspecified atom stereocenters. The summed E-state index contributed by atoms with van der Waals surface area (Å²) in [5, 5.41) is 14.4. The Morgan fingerprint density at radius 2 is 1.69 bits per heavy atom. The maximum Gasteiger partial charge on any atom is 0.407 e. The summed E-state index contributed by atoms with van der Waals surface area (Å²) in [6.07, 6.45) is 5.60. The van der Waals surface area contributed by atoms with Gasteiger partial charge in [-0.2, -0.15) is 0 Å². The molecule has 0 aliphatic heterocycles. The van der Waals surface area contributed by atoms with Crippen molar-refractivity contribution in [1.82, 2.24) is 10.6 Å². The molecule has 0 bridgehead atoms. The van der Waals surface area contributed by atoms with Gasteiger partial charge in [0.25, 0.3) is 0 Å². The fourth-order valence-electron chi connectivity index (χ4n) is 4.11. The Morgan fingerprint density at radius 1 is 1.09 bits per heavy atom. The van der Waals surface area contributed by atoms with Gasteiger partial charge in [0.15, 0.2) is 0 Å². The molecule has 1 saturated carbocycles. The van der Waals surface area contributed by atoms with Gasteiger partial charge in [-0.3, -0.25) is 9.59 Å². The summed E-state index contributed by atoms with van der Waals surface area (Å²) < 4.78 is 5.47. The molecule has 2 aromatic rings. The molecule has 1 fully saturated rings. The Labute approximate surface area is 186 Å². The first-order valence-corrected chi connectivity index (χ1v) is 10.5. The van der Waals surface area contributed by atoms with Gasteiger partial charge in [-0.15, -0.1) is 12.3 Å². The number of hydrogen-bond acceptors (Lipinski definition) is 4. The summed E-state index contributed by atoms with van der Waals surface area (Å²) in [4.78, 5) is 36.2. The van der Waals surface area contributed by atoms with Crippen molar-refractivity contribution in [2.75, 3.05) is 13.2 Å². The molecule has 7 nitrogen and oxygen atoms in total. The van der Waals surface area contributed by atoms with Crippen LogP contribution in [-0.4, -0.2) is 42.3 Å². The first-order chi connectivity index (χ1) is 15.4. The number of amides is 2. The normalized spacial score (nSPS) is 16.1. The van der Waals surface area contributed by atoms with Gasteiger partial charge in [-0.05, 0) is 35.1 Å². The number of carboxylic acid groups (broad SMARTS) is 1. The lowest BCUT2D eigenvalue weighted by molar-refractivity contribution is -0.143. The first-order valence-electron chi connectivity index (χ1n) is 10.5. The minimum Gasteiger partial charge on any atom is -0.481 e. The highest BCUT2D eigenvalue weighted by Crippen LogP contribution is 2.45. The molecular weight excluding hydrogens is 408 g/mol. The largest absolute Gasteiger partial charge is 0.481 e. The monoisotopic (exact) mass is 432 g/mol. The van der Waals surface area contributed by atoms with E-state index in [4.69, 9.17) is 11.2 Å². The number of rotatable bonds is 8. The second-order valence-electron chi connectivity index (χ2n) is 8.23. The number of terminal acetylenes is 1. The van der Waals surface area contributed by atoms with Crippen LogP contribution in [0, 0.1) is 17.8 Å². The summed E-state index contributed by atoms with van der Waals surface area (Å²) in [6, 6.07) is 15.0. The van der Waals surface area contributed by atoms with Gasteiger partial charge in [-0.25, -0.2) is 4.79 Å². The zero-order valence-electron chi connectivity index (χ0n) is 17.5. The van der Waals surface area contributed by atoms with E-state index in [1.165, 1.54) is 0 Å². The molecule has 2 amide bonds. The summed E-state index contributed by atoms with van der Waals surface area (Å²) in [5.74, 6) is 0.808. The van der Waals surface area contributed by atoms with Gasteiger partial charge in [-0.1, -0.05) is 48.5 Å². The van der Waals surface area contributed by atoms with Crippen molar-refractivity contribution in [3.8, 4) is 23.5 Å². The molecular formula is C25H24N2O5. The average Bonchev–Trinajstić information content (AvgIpc) is 3.53. The van der Waals surface area contributed by atoms with E-state index < -0.39 is 29.4 Å². The fourth-order valence-corrected chi connectivity index (χ4v) is 4.11. The van der Waals surface area contributed by atoms with Crippen LogP contribution in [0.25, 0.3) is 11.1 Å². The van der Waals surface area contributed by atoms with Crippen LogP contribution in [0.3, 0.4) is 0 Å². The maximum atomic E-state index is 12.5. The topological polar surface area (TPSA) is 105 Å². The number of ether oxygens (including phenoxy) is 1. The third-order valence-corrected chi connectivity index (χ3v) is 6.18. The van der Waals surface area contributed by atoms with E-state index in [2.05, 4.69) is 16.6 Å². The molecule has 7 heteroatoms. The molecule has 3 N–H and O–H groups in total. The zero-order chi connectivity index (χ0) is 22.7. The Balaban J connectivity index is 1.37. The highest BCUT2D eigenvalue weighted by atomic mass is 16.5. The molecule has 32 heavy (non-hydrogen) atoms. The van der Waals surface area contributed by atoms with Crippen LogP contribution in [0.5, 0.6) is 0 Å². The molecule has 0 radical (unpaired) electrons. The second-order valence-corrected chi connectivity index (χ2v) is 8.23. The van der Waals surface area contributed by atoms with Gasteiger partial charge in [0.1, 0.15) is 12.6 Å². The summed E-state index contributed by atoms with van der Waals surface area (Å²) in [6.45, 7) is 0.126. The molecule has 2 aliphatic rings. The molecule has 164 valence electrons. The lowest BCUT2D eigenvalue weighted by atomic mass is 9.98. The van der Waals surface area contributed by atoms with Crippen molar-refractivity contribution in [3.63, 3.8) is 0 Å². The second kappa shape index (κ2) is 8.75. The number of nitrogens with one attached hydrogen (secondary N) is 2. The predicted octanol–water partition coefficient (Wildman–Crippen LogP) is 2.90. The molecule has 0 saturated heterocycles. The number of alkyl carbamates (subject to hydrolysis) is 1. The van der Waals surface area contributed by atoms with Crippen molar-refractivity contribution in [2.24, 2.45) is 5.41 Å². The quantitative estimate of drug-likeness (QED) is 0.557. The number of carbonyl (C=O) groups excluding carboxylic acids is 2. The third kappa shape index (κ3) is 4.17. The van der Waals surface area contributed by atoms with Crippen molar-refractivity contribution in [1.29, 1.82) is 0 Å². The summed E-state index contributed by atoms with van der Waals surface area (Å²) >= 11 is 0. The van der Waals surface area contributed by atoms with E-state index in [1.54, 1.807) is 0 Å². The van der Waals surface area contributed by atoms with Gasteiger partial charge in [0, 0.05) is 18.9 Å². The zero-order valence-corrected chi connectivity index (χ0v) is 17.5. The SMILES string of the molecule is C#CCC(NC(=O)OCC1c2ccccc2-c2ccccc21)C(=O)NCC1(C(=O)O)CC1. The average molecular weight is 432 g/mol. The molecule has 0 spiro atoms. The van der Waals surface area contributed by atoms with Crippen LogP contribution in [-0.2, 0) is 14.3 Å².